The molecule has 6 nitrogen and oxygen atoms in total. The van der Waals surface area contributed by atoms with Gasteiger partial charge < -0.3 is 4.90 Å². The smallest absolute Gasteiger partial charge is 0.322 e. The Labute approximate surface area is 76.5 Å². The molecule has 0 spiro atoms. The van der Waals surface area contributed by atoms with E-state index in [1.165, 1.54) is 4.68 Å². The molecular formula is C7H13N5O. The number of aromatic nitrogens is 3. The Balaban J connectivity index is 2.54. The standard InChI is InChI=1S/C7H13N5O/c1-4-11(2)7(13)8-6-5-12(3)10-9-6/h5H,4H2,1-3H3,(H,8,13). The van der Waals surface area contributed by atoms with Crippen molar-refractivity contribution >= 4 is 11.8 Å². The number of amides is 2. The van der Waals surface area contributed by atoms with Crippen LogP contribution in [0, 0.1) is 0 Å². The van der Waals surface area contributed by atoms with E-state index in [0.717, 1.165) is 0 Å². The lowest BCUT2D eigenvalue weighted by atomic mass is 10.6. The van der Waals surface area contributed by atoms with Crippen LogP contribution >= 0.6 is 0 Å². The highest BCUT2D eigenvalue weighted by Gasteiger charge is 2.07. The first-order valence-corrected chi connectivity index (χ1v) is 4.02. The summed E-state index contributed by atoms with van der Waals surface area (Å²) in [6.45, 7) is 2.56. The normalized spacial score (nSPS) is 9.77. The summed E-state index contributed by atoms with van der Waals surface area (Å²) in [6.07, 6.45) is 1.64. The number of anilines is 1. The fourth-order valence-corrected chi connectivity index (χ4v) is 0.753. The predicted octanol–water partition coefficient (Wildman–Crippen LogP) is 0.299. The number of hydrogen-bond acceptors (Lipinski definition) is 3. The van der Waals surface area contributed by atoms with Gasteiger partial charge in [0.2, 0.25) is 0 Å². The third-order valence-electron chi connectivity index (χ3n) is 1.66. The van der Waals surface area contributed by atoms with Crippen LogP contribution in [0.15, 0.2) is 6.20 Å². The average molecular weight is 183 g/mol. The minimum Gasteiger partial charge on any atom is -0.328 e. The summed E-state index contributed by atoms with van der Waals surface area (Å²) in [5.41, 5.74) is 0. The van der Waals surface area contributed by atoms with Crippen molar-refractivity contribution in [1.29, 1.82) is 0 Å². The third-order valence-corrected chi connectivity index (χ3v) is 1.66. The topological polar surface area (TPSA) is 63.1 Å². The summed E-state index contributed by atoms with van der Waals surface area (Å²) in [4.78, 5) is 12.8. The van der Waals surface area contributed by atoms with E-state index in [2.05, 4.69) is 15.6 Å². The number of urea groups is 1. The maximum atomic E-state index is 11.3. The van der Waals surface area contributed by atoms with Crippen LogP contribution in [0.5, 0.6) is 0 Å². The molecule has 0 aliphatic rings. The monoisotopic (exact) mass is 183 g/mol. The fraction of sp³-hybridized carbons (Fsp3) is 0.571. The molecule has 0 aliphatic heterocycles. The predicted molar refractivity (Wildman–Crippen MR) is 48.3 cm³/mol. The number of aryl methyl sites for hydroxylation is 1. The zero-order chi connectivity index (χ0) is 9.84. The van der Waals surface area contributed by atoms with Gasteiger partial charge in [0.1, 0.15) is 0 Å². The van der Waals surface area contributed by atoms with Crippen LogP contribution in [0.1, 0.15) is 6.92 Å². The van der Waals surface area contributed by atoms with E-state index >= 15 is 0 Å². The SMILES string of the molecule is CCN(C)C(=O)Nc1cn(C)nn1. The van der Waals surface area contributed by atoms with Crippen molar-refractivity contribution in [2.45, 2.75) is 6.92 Å². The van der Waals surface area contributed by atoms with E-state index in [4.69, 9.17) is 0 Å². The summed E-state index contributed by atoms with van der Waals surface area (Å²) < 4.78 is 1.53. The number of carbonyl (C=O) groups excluding carboxylic acids is 1. The molecule has 0 saturated heterocycles. The molecule has 1 aromatic rings. The number of nitrogens with zero attached hydrogens (tertiary/aromatic N) is 4. The molecule has 0 unspecified atom stereocenters. The maximum Gasteiger partial charge on any atom is 0.322 e. The van der Waals surface area contributed by atoms with Gasteiger partial charge in [0, 0.05) is 20.6 Å². The summed E-state index contributed by atoms with van der Waals surface area (Å²) in [5, 5.41) is 10.0. The molecule has 13 heavy (non-hydrogen) atoms. The van der Waals surface area contributed by atoms with Crippen molar-refractivity contribution in [2.75, 3.05) is 18.9 Å². The van der Waals surface area contributed by atoms with Crippen LogP contribution in [0.2, 0.25) is 0 Å². The Hall–Kier alpha value is -1.59. The lowest BCUT2D eigenvalue weighted by Gasteiger charge is -2.13. The Morgan fingerprint density at radius 2 is 2.46 bits per heavy atom. The average Bonchev–Trinajstić information content (AvgIpc) is 2.49. The van der Waals surface area contributed by atoms with Gasteiger partial charge in [0.25, 0.3) is 0 Å². The van der Waals surface area contributed by atoms with Gasteiger partial charge in [-0.15, -0.1) is 5.10 Å². The third kappa shape index (κ3) is 2.43. The van der Waals surface area contributed by atoms with Crippen molar-refractivity contribution in [3.63, 3.8) is 0 Å². The van der Waals surface area contributed by atoms with Crippen molar-refractivity contribution < 1.29 is 4.79 Å². The van der Waals surface area contributed by atoms with Crippen molar-refractivity contribution in [3.05, 3.63) is 6.20 Å². The second kappa shape index (κ2) is 3.88. The molecular weight excluding hydrogens is 170 g/mol. The van der Waals surface area contributed by atoms with E-state index < -0.39 is 0 Å². The Kier molecular flexibility index (Phi) is 2.84. The minimum absolute atomic E-state index is 0.178. The van der Waals surface area contributed by atoms with Gasteiger partial charge in [-0.25, -0.2) is 4.79 Å². The number of carbonyl (C=O) groups is 1. The number of nitrogens with one attached hydrogen (secondary N) is 1. The number of hydrogen-bond donors (Lipinski definition) is 1. The second-order valence-electron chi connectivity index (χ2n) is 2.72. The van der Waals surface area contributed by atoms with E-state index in [9.17, 15) is 4.79 Å². The zero-order valence-corrected chi connectivity index (χ0v) is 7.98. The molecule has 0 radical (unpaired) electrons. The van der Waals surface area contributed by atoms with Crippen LogP contribution in [0.3, 0.4) is 0 Å². The summed E-state index contributed by atoms with van der Waals surface area (Å²) in [5.74, 6) is 0.466. The summed E-state index contributed by atoms with van der Waals surface area (Å²) >= 11 is 0. The van der Waals surface area contributed by atoms with Gasteiger partial charge >= 0.3 is 6.03 Å². The first kappa shape index (κ1) is 9.50. The lowest BCUT2D eigenvalue weighted by molar-refractivity contribution is 0.224. The summed E-state index contributed by atoms with van der Waals surface area (Å²) in [6, 6.07) is -0.178. The molecule has 0 aliphatic carbocycles. The first-order chi connectivity index (χ1) is 6.13. The van der Waals surface area contributed by atoms with E-state index in [0.29, 0.717) is 12.4 Å². The van der Waals surface area contributed by atoms with Gasteiger partial charge in [0.15, 0.2) is 5.82 Å². The van der Waals surface area contributed by atoms with Crippen molar-refractivity contribution in [3.8, 4) is 0 Å². The molecule has 0 bridgehead atoms. The fourth-order valence-electron chi connectivity index (χ4n) is 0.753. The van der Waals surface area contributed by atoms with Gasteiger partial charge in [-0.2, -0.15) is 0 Å². The van der Waals surface area contributed by atoms with Crippen LogP contribution in [0.4, 0.5) is 10.6 Å². The molecule has 1 heterocycles. The van der Waals surface area contributed by atoms with Gasteiger partial charge in [0.05, 0.1) is 6.20 Å². The molecule has 0 saturated carbocycles. The lowest BCUT2D eigenvalue weighted by Crippen LogP contribution is -2.31. The van der Waals surface area contributed by atoms with Crippen molar-refractivity contribution in [1.82, 2.24) is 19.9 Å². The van der Waals surface area contributed by atoms with E-state index in [1.54, 1.807) is 25.2 Å². The Bertz CT molecular complexity index is 295. The number of rotatable bonds is 2. The molecule has 2 amide bonds. The van der Waals surface area contributed by atoms with Gasteiger partial charge in [-0.3, -0.25) is 10.00 Å². The van der Waals surface area contributed by atoms with Crippen LogP contribution in [0.25, 0.3) is 0 Å². The first-order valence-electron chi connectivity index (χ1n) is 4.02. The highest BCUT2D eigenvalue weighted by molar-refractivity contribution is 5.87. The van der Waals surface area contributed by atoms with Crippen LogP contribution in [-0.2, 0) is 7.05 Å². The second-order valence-corrected chi connectivity index (χ2v) is 2.72. The molecule has 72 valence electrons. The maximum absolute atomic E-state index is 11.3. The molecule has 1 rings (SSSR count). The van der Waals surface area contributed by atoms with Crippen molar-refractivity contribution in [2.24, 2.45) is 7.05 Å². The minimum atomic E-state index is -0.178. The quantitative estimate of drug-likeness (QED) is 0.717. The Morgan fingerprint density at radius 1 is 1.77 bits per heavy atom. The van der Waals surface area contributed by atoms with Gasteiger partial charge in [-0.1, -0.05) is 5.21 Å². The van der Waals surface area contributed by atoms with E-state index in [1.807, 2.05) is 6.92 Å². The highest BCUT2D eigenvalue weighted by atomic mass is 16.2. The molecule has 0 fully saturated rings. The largest absolute Gasteiger partial charge is 0.328 e. The highest BCUT2D eigenvalue weighted by Crippen LogP contribution is 1.99. The van der Waals surface area contributed by atoms with Gasteiger partial charge in [-0.05, 0) is 6.92 Å². The molecule has 6 heteroatoms. The van der Waals surface area contributed by atoms with Crippen LogP contribution in [-0.4, -0.2) is 39.5 Å². The molecule has 0 atom stereocenters. The molecule has 1 aromatic heterocycles. The summed E-state index contributed by atoms with van der Waals surface area (Å²) in [7, 11) is 3.46. The van der Waals surface area contributed by atoms with Crippen LogP contribution < -0.4 is 5.32 Å². The zero-order valence-electron chi connectivity index (χ0n) is 7.98. The van der Waals surface area contributed by atoms with E-state index in [-0.39, 0.29) is 6.03 Å². The molecule has 0 aromatic carbocycles. The Morgan fingerprint density at radius 3 is 2.92 bits per heavy atom. The molecule has 1 N–H and O–H groups in total.